The number of aromatic nitrogens is 2. The van der Waals surface area contributed by atoms with Crippen molar-refractivity contribution in [3.8, 4) is 5.69 Å². The molecule has 2 N–H and O–H groups in total. The summed E-state index contributed by atoms with van der Waals surface area (Å²) in [6, 6.07) is 12.8. The molecule has 7 heteroatoms. The van der Waals surface area contributed by atoms with Gasteiger partial charge in [0.15, 0.2) is 5.78 Å². The number of carbonyl (C=O) groups is 2. The van der Waals surface area contributed by atoms with Crippen LogP contribution in [-0.4, -0.2) is 22.1 Å². The second-order valence-corrected chi connectivity index (χ2v) is 5.18. The Kier molecular flexibility index (Phi) is 4.38. The van der Waals surface area contributed by atoms with Crippen LogP contribution in [0.1, 0.15) is 26.3 Å². The first kappa shape index (κ1) is 16.1. The second kappa shape index (κ2) is 6.79. The molecule has 0 fully saturated rings. The minimum absolute atomic E-state index is 0.189. The average molecular weight is 337 g/mol. The highest BCUT2D eigenvalue weighted by atomic mass is 16.5. The van der Waals surface area contributed by atoms with Crippen LogP contribution in [0.2, 0.25) is 0 Å². The summed E-state index contributed by atoms with van der Waals surface area (Å²) in [4.78, 5) is 34.0. The van der Waals surface area contributed by atoms with Gasteiger partial charge in [0.2, 0.25) is 5.69 Å². The maximum Gasteiger partial charge on any atom is 0.427 e. The zero-order chi connectivity index (χ0) is 17.8. The third kappa shape index (κ3) is 3.78. The lowest BCUT2D eigenvalue weighted by atomic mass is 10.1. The molecule has 3 rings (SSSR count). The number of nitrogens with one attached hydrogen (secondary N) is 1. The maximum atomic E-state index is 12.2. The van der Waals surface area contributed by atoms with Gasteiger partial charge in [-0.1, -0.05) is 18.2 Å². The van der Waals surface area contributed by atoms with E-state index in [2.05, 4.69) is 9.79 Å². The lowest BCUT2D eigenvalue weighted by molar-refractivity contribution is -0.670. The minimum atomic E-state index is -0.997. The first-order valence-corrected chi connectivity index (χ1v) is 7.29. The molecule has 2 aromatic carbocycles. The number of hydrogen-bond donors (Lipinski definition) is 2. The van der Waals surface area contributed by atoms with Crippen LogP contribution in [-0.2, 0) is 0 Å². The minimum Gasteiger partial charge on any atom is -0.478 e. The van der Waals surface area contributed by atoms with Crippen molar-refractivity contribution in [3.63, 3.8) is 0 Å². The number of benzene rings is 2. The van der Waals surface area contributed by atoms with Crippen LogP contribution >= 0.6 is 0 Å². The van der Waals surface area contributed by atoms with Gasteiger partial charge in [0.1, 0.15) is 0 Å². The first-order chi connectivity index (χ1) is 12.0. The van der Waals surface area contributed by atoms with E-state index in [1.165, 1.54) is 29.1 Å². The molecule has 0 aliphatic rings. The summed E-state index contributed by atoms with van der Waals surface area (Å²) in [5.74, 6) is -1.19. The Bertz CT molecular complexity index is 995. The van der Waals surface area contributed by atoms with Crippen LogP contribution in [0, 0.1) is 0 Å². The van der Waals surface area contributed by atoms with E-state index in [0.29, 0.717) is 11.3 Å². The monoisotopic (exact) mass is 337 g/mol. The summed E-state index contributed by atoms with van der Waals surface area (Å²) >= 11 is 0. The van der Waals surface area contributed by atoms with Crippen LogP contribution < -0.4 is 10.3 Å². The fourth-order valence-electron chi connectivity index (χ4n) is 2.17. The van der Waals surface area contributed by atoms with E-state index >= 15 is 0 Å². The van der Waals surface area contributed by atoms with Crippen LogP contribution in [0.25, 0.3) is 11.8 Å². The second-order valence-electron chi connectivity index (χ2n) is 5.18. The Morgan fingerprint density at radius 3 is 2.20 bits per heavy atom. The lowest BCUT2D eigenvalue weighted by Gasteiger charge is -1.97. The number of nitrogens with zero attached hydrogens (tertiary/aromatic N) is 1. The summed E-state index contributed by atoms with van der Waals surface area (Å²) in [6.07, 6.45) is 4.28. The molecule has 124 valence electrons. The Labute approximate surface area is 141 Å². The molecular formula is C18H13N2O5+. The predicted octanol–water partition coefficient (Wildman–Crippen LogP) is 1.84. The van der Waals surface area contributed by atoms with Crippen molar-refractivity contribution in [1.82, 2.24) is 5.27 Å². The SMILES string of the molecule is O=C(O)c1ccc(/C=C/C(=O)c2ccc(-[n+]3cc(=O)o[nH]3)cc2)cc1. The average Bonchev–Trinajstić information content (AvgIpc) is 3.06. The number of aromatic amines is 1. The van der Waals surface area contributed by atoms with Crippen molar-refractivity contribution in [3.05, 3.63) is 87.9 Å². The van der Waals surface area contributed by atoms with Gasteiger partial charge in [-0.2, -0.15) is 0 Å². The van der Waals surface area contributed by atoms with E-state index in [1.807, 2.05) is 0 Å². The van der Waals surface area contributed by atoms with E-state index in [4.69, 9.17) is 5.11 Å². The number of carbonyl (C=O) groups excluding carboxylic acids is 1. The van der Waals surface area contributed by atoms with Crippen LogP contribution in [0.3, 0.4) is 0 Å². The van der Waals surface area contributed by atoms with Gasteiger partial charge in [-0.05, 0) is 45.9 Å². The van der Waals surface area contributed by atoms with Crippen molar-refractivity contribution in [2.24, 2.45) is 0 Å². The normalized spacial score (nSPS) is 10.9. The number of allylic oxidation sites excluding steroid dienone is 1. The Morgan fingerprint density at radius 1 is 1.00 bits per heavy atom. The maximum absolute atomic E-state index is 12.2. The van der Waals surface area contributed by atoms with Gasteiger partial charge in [-0.25, -0.2) is 9.59 Å². The lowest BCUT2D eigenvalue weighted by Crippen LogP contribution is -2.32. The van der Waals surface area contributed by atoms with Crippen LogP contribution in [0.4, 0.5) is 0 Å². The third-order valence-corrected chi connectivity index (χ3v) is 3.49. The van der Waals surface area contributed by atoms with Crippen molar-refractivity contribution in [1.29, 1.82) is 0 Å². The number of aromatic carboxylic acids is 1. The van der Waals surface area contributed by atoms with E-state index in [1.54, 1.807) is 42.5 Å². The summed E-state index contributed by atoms with van der Waals surface area (Å²) < 4.78 is 5.97. The Balaban J connectivity index is 1.72. The predicted molar refractivity (Wildman–Crippen MR) is 87.6 cm³/mol. The number of ketones is 1. The summed E-state index contributed by atoms with van der Waals surface area (Å²) in [5, 5.41) is 11.3. The highest BCUT2D eigenvalue weighted by Crippen LogP contribution is 2.09. The molecule has 0 atom stereocenters. The van der Waals surface area contributed by atoms with Crippen molar-refractivity contribution < 1.29 is 23.9 Å². The molecule has 0 amide bonds. The molecule has 0 radical (unpaired) electrons. The molecule has 0 saturated carbocycles. The third-order valence-electron chi connectivity index (χ3n) is 3.49. The van der Waals surface area contributed by atoms with Gasteiger partial charge in [0.05, 0.1) is 5.56 Å². The topological polar surface area (TPSA) is 104 Å². The van der Waals surface area contributed by atoms with Gasteiger partial charge in [-0.3, -0.25) is 9.32 Å². The molecular weight excluding hydrogens is 324 g/mol. The molecule has 7 nitrogen and oxygen atoms in total. The van der Waals surface area contributed by atoms with Gasteiger partial charge < -0.3 is 5.11 Å². The molecule has 3 aromatic rings. The zero-order valence-corrected chi connectivity index (χ0v) is 12.9. The number of carboxylic acids is 1. The van der Waals surface area contributed by atoms with Gasteiger partial charge in [0.25, 0.3) is 6.20 Å². The number of H-pyrrole nitrogens is 1. The molecule has 0 aliphatic heterocycles. The van der Waals surface area contributed by atoms with Gasteiger partial charge >= 0.3 is 11.6 Å². The Morgan fingerprint density at radius 2 is 1.64 bits per heavy atom. The zero-order valence-electron chi connectivity index (χ0n) is 12.9. The molecule has 0 bridgehead atoms. The van der Waals surface area contributed by atoms with Gasteiger partial charge in [-0.15, -0.1) is 0 Å². The van der Waals surface area contributed by atoms with Gasteiger partial charge in [0, 0.05) is 17.7 Å². The smallest absolute Gasteiger partial charge is 0.427 e. The standard InChI is InChI=1S/C18H12N2O5/c21-16(10-3-12-1-4-14(5-2-12)18(23)24)13-6-8-15(9-7-13)20-11-17(22)25-19-20/h1-11H,(H-,19,22,23,24)/p+1/b10-3+. The highest BCUT2D eigenvalue weighted by Gasteiger charge is 2.11. The van der Waals surface area contributed by atoms with Crippen molar-refractivity contribution in [2.45, 2.75) is 0 Å². The molecule has 0 saturated heterocycles. The molecule has 1 aromatic heterocycles. The van der Waals surface area contributed by atoms with Crippen molar-refractivity contribution in [2.75, 3.05) is 0 Å². The molecule has 1 heterocycles. The van der Waals surface area contributed by atoms with E-state index < -0.39 is 11.6 Å². The fourth-order valence-corrected chi connectivity index (χ4v) is 2.17. The van der Waals surface area contributed by atoms with Crippen LogP contribution in [0.5, 0.6) is 0 Å². The molecule has 0 spiro atoms. The highest BCUT2D eigenvalue weighted by molar-refractivity contribution is 6.06. The summed E-state index contributed by atoms with van der Waals surface area (Å²) in [5.41, 5.74) is 1.54. The molecule has 0 unspecified atom stereocenters. The fraction of sp³-hybridized carbons (Fsp3) is 0. The summed E-state index contributed by atoms with van der Waals surface area (Å²) in [6.45, 7) is 0. The molecule has 0 aliphatic carbocycles. The van der Waals surface area contributed by atoms with E-state index in [-0.39, 0.29) is 11.3 Å². The quantitative estimate of drug-likeness (QED) is 0.420. The number of rotatable bonds is 5. The van der Waals surface area contributed by atoms with E-state index in [9.17, 15) is 14.4 Å². The van der Waals surface area contributed by atoms with Crippen LogP contribution in [0.15, 0.2) is 70.1 Å². The summed E-state index contributed by atoms with van der Waals surface area (Å²) in [7, 11) is 0. The number of carboxylic acid groups (broad SMARTS) is 1. The molecule has 25 heavy (non-hydrogen) atoms. The van der Waals surface area contributed by atoms with E-state index in [0.717, 1.165) is 5.56 Å². The largest absolute Gasteiger partial charge is 0.478 e. The first-order valence-electron chi connectivity index (χ1n) is 7.29. The Hall–Kier alpha value is -3.74. The number of hydrogen-bond acceptors (Lipinski definition) is 4. The van der Waals surface area contributed by atoms with Crippen molar-refractivity contribution >= 4 is 17.8 Å².